The molecule has 7 nitrogen and oxygen atoms in total. The largest absolute Gasteiger partial charge is 0.457 e. The number of hydrogen-bond donors (Lipinski definition) is 2. The van der Waals surface area contributed by atoms with E-state index in [1.807, 2.05) is 72.8 Å². The van der Waals surface area contributed by atoms with Crippen LogP contribution in [-0.2, 0) is 0 Å². The predicted molar refractivity (Wildman–Crippen MR) is 127 cm³/mol. The summed E-state index contributed by atoms with van der Waals surface area (Å²) in [5.74, 6) is 3.18. The highest BCUT2D eigenvalue weighted by atomic mass is 16.5. The number of nitrogen functional groups attached to an aromatic ring is 1. The first-order valence-corrected chi connectivity index (χ1v) is 10.5. The summed E-state index contributed by atoms with van der Waals surface area (Å²) in [6, 6.07) is 23.3. The van der Waals surface area contributed by atoms with Crippen LogP contribution in [0.4, 0.5) is 23.3 Å². The zero-order chi connectivity index (χ0) is 21.8. The van der Waals surface area contributed by atoms with Gasteiger partial charge in [0.2, 0.25) is 5.95 Å². The van der Waals surface area contributed by atoms with Crippen LogP contribution in [0, 0.1) is 6.54 Å². The maximum absolute atomic E-state index is 6.10. The summed E-state index contributed by atoms with van der Waals surface area (Å²) in [5, 5.41) is 3.30. The van der Waals surface area contributed by atoms with Crippen molar-refractivity contribution in [3.63, 3.8) is 0 Å². The van der Waals surface area contributed by atoms with Crippen LogP contribution in [0.15, 0.2) is 79.0 Å². The summed E-state index contributed by atoms with van der Waals surface area (Å²) < 4.78 is 6.10. The number of benzene rings is 2. The summed E-state index contributed by atoms with van der Waals surface area (Å²) in [4.78, 5) is 15.3. The van der Waals surface area contributed by atoms with Gasteiger partial charge in [-0.25, -0.2) is 9.97 Å². The van der Waals surface area contributed by atoms with E-state index in [1.54, 1.807) is 6.20 Å². The van der Waals surface area contributed by atoms with E-state index >= 15 is 0 Å². The fourth-order valence-electron chi connectivity index (χ4n) is 3.64. The van der Waals surface area contributed by atoms with Gasteiger partial charge in [-0.15, -0.1) is 0 Å². The molecule has 1 aliphatic heterocycles. The summed E-state index contributed by atoms with van der Waals surface area (Å²) in [5.41, 5.74) is 8.52. The van der Waals surface area contributed by atoms with Gasteiger partial charge in [0, 0.05) is 42.2 Å². The van der Waals surface area contributed by atoms with Crippen molar-refractivity contribution in [3.05, 3.63) is 85.5 Å². The van der Waals surface area contributed by atoms with Gasteiger partial charge in [-0.2, -0.15) is 4.98 Å². The molecule has 7 heteroatoms. The van der Waals surface area contributed by atoms with E-state index in [1.165, 1.54) is 0 Å². The van der Waals surface area contributed by atoms with Crippen molar-refractivity contribution in [1.29, 1.82) is 0 Å². The number of anilines is 4. The quantitative estimate of drug-likeness (QED) is 0.428. The normalized spacial score (nSPS) is 13.2. The topological polar surface area (TPSA) is 89.2 Å². The molecular weight excluding hydrogens is 400 g/mol. The Balaban J connectivity index is 1.34. The summed E-state index contributed by atoms with van der Waals surface area (Å²) in [6.07, 6.45) is 4.01. The molecule has 32 heavy (non-hydrogen) atoms. The van der Waals surface area contributed by atoms with E-state index in [4.69, 9.17) is 10.5 Å². The predicted octanol–water partition coefficient (Wildman–Crippen LogP) is 5.42. The first-order valence-electron chi connectivity index (χ1n) is 10.5. The number of nitrogens with one attached hydrogen (secondary N) is 1. The smallest absolute Gasteiger partial charge is 0.222 e. The molecular formula is C25H23N6O. The van der Waals surface area contributed by atoms with E-state index in [9.17, 15) is 0 Å². The van der Waals surface area contributed by atoms with Crippen LogP contribution in [0.3, 0.4) is 0 Å². The maximum Gasteiger partial charge on any atom is 0.222 e. The summed E-state index contributed by atoms with van der Waals surface area (Å²) >= 11 is 0. The van der Waals surface area contributed by atoms with Gasteiger partial charge >= 0.3 is 0 Å². The highest BCUT2D eigenvalue weighted by molar-refractivity contribution is 5.67. The van der Waals surface area contributed by atoms with Gasteiger partial charge in [-0.05, 0) is 31.0 Å². The number of nitrogens with two attached hydrogens (primary N) is 1. The average molecular weight is 424 g/mol. The second kappa shape index (κ2) is 8.93. The van der Waals surface area contributed by atoms with Crippen molar-refractivity contribution >= 4 is 23.3 Å². The number of pyridine rings is 1. The van der Waals surface area contributed by atoms with Gasteiger partial charge in [0.15, 0.2) is 0 Å². The molecule has 5 rings (SSSR count). The van der Waals surface area contributed by atoms with Crippen molar-refractivity contribution in [2.24, 2.45) is 0 Å². The lowest BCUT2D eigenvalue weighted by Gasteiger charge is -2.16. The molecule has 2 aromatic carbocycles. The lowest BCUT2D eigenvalue weighted by molar-refractivity contribution is 0.482. The molecule has 0 spiro atoms. The molecule has 4 aromatic rings. The van der Waals surface area contributed by atoms with Crippen LogP contribution in [-0.4, -0.2) is 21.5 Å². The number of hydrogen-bond acceptors (Lipinski definition) is 7. The lowest BCUT2D eigenvalue weighted by atomic mass is 10.1. The monoisotopic (exact) mass is 423 g/mol. The lowest BCUT2D eigenvalue weighted by Crippen LogP contribution is -2.14. The van der Waals surface area contributed by atoms with Crippen LogP contribution >= 0.6 is 0 Å². The Labute approximate surface area is 186 Å². The number of ether oxygens (including phenoxy) is 1. The van der Waals surface area contributed by atoms with Crippen molar-refractivity contribution in [3.8, 4) is 22.8 Å². The second-order valence-electron chi connectivity index (χ2n) is 7.49. The van der Waals surface area contributed by atoms with E-state index in [2.05, 4.69) is 31.7 Å². The molecule has 159 valence electrons. The minimum Gasteiger partial charge on any atom is -0.457 e. The number of aromatic nitrogens is 3. The molecule has 0 saturated carbocycles. The van der Waals surface area contributed by atoms with Gasteiger partial charge in [0.1, 0.15) is 23.1 Å². The molecule has 0 aliphatic carbocycles. The van der Waals surface area contributed by atoms with Gasteiger partial charge < -0.3 is 20.7 Å². The molecule has 0 amide bonds. The number of nitrogens with zero attached hydrogens (tertiary/aromatic N) is 4. The molecule has 0 bridgehead atoms. The number of rotatable bonds is 6. The third-order valence-electron chi connectivity index (χ3n) is 5.12. The Kier molecular flexibility index (Phi) is 5.53. The van der Waals surface area contributed by atoms with Gasteiger partial charge in [-0.3, -0.25) is 0 Å². The molecule has 3 heterocycles. The van der Waals surface area contributed by atoms with Crippen molar-refractivity contribution in [2.75, 3.05) is 22.5 Å². The summed E-state index contributed by atoms with van der Waals surface area (Å²) in [6.45, 7) is 3.16. The zero-order valence-electron chi connectivity index (χ0n) is 17.5. The van der Waals surface area contributed by atoms with Gasteiger partial charge in [-0.1, -0.05) is 36.4 Å². The van der Waals surface area contributed by atoms with E-state index in [0.717, 1.165) is 47.9 Å². The van der Waals surface area contributed by atoms with Crippen LogP contribution in [0.25, 0.3) is 11.3 Å². The molecule has 1 saturated heterocycles. The van der Waals surface area contributed by atoms with E-state index < -0.39 is 0 Å². The first-order chi connectivity index (χ1) is 15.7. The minimum absolute atomic E-state index is 0.212. The zero-order valence-corrected chi connectivity index (χ0v) is 17.5. The standard InChI is InChI=1S/C25H23N6O/c26-25-29-22(18-7-2-1-3-8-18)17-23(30-25)28-19-9-6-10-20(15-19)32-21-11-12-27-24(16-21)31-13-4-5-14-31/h1-3,6-13,15-17H,4-5,14H2,(H3,26,28,29,30). The van der Waals surface area contributed by atoms with Crippen molar-refractivity contribution in [1.82, 2.24) is 15.0 Å². The van der Waals surface area contributed by atoms with Crippen LogP contribution in [0.2, 0.25) is 0 Å². The Bertz CT molecular complexity index is 1210. The molecule has 2 aromatic heterocycles. The molecule has 1 radical (unpaired) electrons. The fraction of sp³-hybridized carbons (Fsp3) is 0.120. The summed E-state index contributed by atoms with van der Waals surface area (Å²) in [7, 11) is 0. The highest BCUT2D eigenvalue weighted by Gasteiger charge is 2.14. The van der Waals surface area contributed by atoms with Crippen molar-refractivity contribution in [2.45, 2.75) is 12.8 Å². The Morgan fingerprint density at radius 1 is 0.906 bits per heavy atom. The Morgan fingerprint density at radius 3 is 2.62 bits per heavy atom. The molecule has 0 unspecified atom stereocenters. The third-order valence-corrected chi connectivity index (χ3v) is 5.12. The molecule has 0 atom stereocenters. The van der Waals surface area contributed by atoms with Crippen molar-refractivity contribution < 1.29 is 4.74 Å². The third kappa shape index (κ3) is 4.62. The van der Waals surface area contributed by atoms with Gasteiger partial charge in [0.25, 0.3) is 0 Å². The molecule has 1 aliphatic rings. The maximum atomic E-state index is 6.10. The minimum atomic E-state index is 0.212. The van der Waals surface area contributed by atoms with Crippen LogP contribution in [0.5, 0.6) is 11.5 Å². The molecule has 1 fully saturated rings. The highest BCUT2D eigenvalue weighted by Crippen LogP contribution is 2.29. The van der Waals surface area contributed by atoms with Crippen LogP contribution < -0.4 is 20.7 Å². The van der Waals surface area contributed by atoms with Gasteiger partial charge in [0.05, 0.1) is 12.2 Å². The Morgan fingerprint density at radius 2 is 1.78 bits per heavy atom. The van der Waals surface area contributed by atoms with E-state index in [0.29, 0.717) is 11.6 Å². The Hall–Kier alpha value is -4.13. The fourth-order valence-corrected chi connectivity index (χ4v) is 3.64. The first kappa shape index (κ1) is 19.8. The average Bonchev–Trinajstić information content (AvgIpc) is 3.35. The second-order valence-corrected chi connectivity index (χ2v) is 7.49. The SMILES string of the molecule is Nc1nc(Nc2cccc(Oc3ccnc(N4[CH]CCC4)c3)c2)cc(-c2ccccc2)n1. The molecule has 3 N–H and O–H groups in total. The van der Waals surface area contributed by atoms with Crippen LogP contribution in [0.1, 0.15) is 12.8 Å². The van der Waals surface area contributed by atoms with E-state index in [-0.39, 0.29) is 5.95 Å².